The van der Waals surface area contributed by atoms with Crippen LogP contribution in [-0.4, -0.2) is 68.5 Å². The van der Waals surface area contributed by atoms with Crippen LogP contribution in [-0.2, 0) is 16.0 Å². The Morgan fingerprint density at radius 1 is 1.10 bits per heavy atom. The molecule has 2 fully saturated rings. The normalized spacial score (nSPS) is 18.5. The summed E-state index contributed by atoms with van der Waals surface area (Å²) in [4.78, 5) is 11.3. The van der Waals surface area contributed by atoms with Crippen molar-refractivity contribution in [2.45, 2.75) is 70.1 Å². The van der Waals surface area contributed by atoms with Gasteiger partial charge in [0.2, 0.25) is 5.88 Å². The van der Waals surface area contributed by atoms with Gasteiger partial charge < -0.3 is 24.4 Å². The number of piperidine rings is 1. The van der Waals surface area contributed by atoms with E-state index in [2.05, 4.69) is 26.3 Å². The van der Waals surface area contributed by atoms with E-state index >= 15 is 0 Å². The van der Waals surface area contributed by atoms with Gasteiger partial charge in [-0.1, -0.05) is 12.5 Å². The standard InChI is InChI=1S/C23H38N4O3.HI/c1-24-23(27-13-11-20(12-14-27)29-16-6-15-28-2)26-18-19-9-10-22(25-17-19)30-21-7-4-3-5-8-21;/h9-10,17,20-21H,3-8,11-16,18H2,1-2H3,(H,24,26);1H. The molecule has 1 aliphatic carbocycles. The van der Waals surface area contributed by atoms with Crippen LogP contribution >= 0.6 is 24.0 Å². The smallest absolute Gasteiger partial charge is 0.213 e. The fraction of sp³-hybridized carbons (Fsp3) is 0.739. The minimum absolute atomic E-state index is 0. The van der Waals surface area contributed by atoms with Crippen LogP contribution in [0.1, 0.15) is 56.9 Å². The van der Waals surface area contributed by atoms with Gasteiger partial charge in [-0.05, 0) is 50.5 Å². The number of pyridine rings is 1. The Balaban J connectivity index is 0.00000341. The summed E-state index contributed by atoms with van der Waals surface area (Å²) >= 11 is 0. The maximum absolute atomic E-state index is 6.02. The molecule has 0 aromatic carbocycles. The average molecular weight is 546 g/mol. The van der Waals surface area contributed by atoms with Crippen molar-refractivity contribution in [3.8, 4) is 5.88 Å². The number of hydrogen-bond donors (Lipinski definition) is 1. The van der Waals surface area contributed by atoms with Crippen LogP contribution in [0.25, 0.3) is 0 Å². The summed E-state index contributed by atoms with van der Waals surface area (Å²) in [6, 6.07) is 4.08. The molecule has 2 heterocycles. The number of ether oxygens (including phenoxy) is 3. The van der Waals surface area contributed by atoms with Gasteiger partial charge in [-0.2, -0.15) is 0 Å². The predicted molar refractivity (Wildman–Crippen MR) is 134 cm³/mol. The second-order valence-corrected chi connectivity index (χ2v) is 8.19. The number of nitrogens with zero attached hydrogens (tertiary/aromatic N) is 3. The molecule has 1 aromatic rings. The summed E-state index contributed by atoms with van der Waals surface area (Å²) in [5, 5.41) is 3.47. The first-order valence-electron chi connectivity index (χ1n) is 11.5. The molecular weight excluding hydrogens is 507 g/mol. The summed E-state index contributed by atoms with van der Waals surface area (Å²) in [6.07, 6.45) is 11.8. The quantitative estimate of drug-likeness (QED) is 0.219. The fourth-order valence-electron chi connectivity index (χ4n) is 4.14. The molecule has 1 saturated heterocycles. The van der Waals surface area contributed by atoms with Gasteiger partial charge in [0.05, 0.1) is 6.10 Å². The van der Waals surface area contributed by atoms with Crippen molar-refractivity contribution in [1.29, 1.82) is 0 Å². The van der Waals surface area contributed by atoms with Crippen molar-refractivity contribution in [2.24, 2.45) is 4.99 Å². The number of aliphatic imine (C=N–C) groups is 1. The molecule has 3 rings (SSSR count). The van der Waals surface area contributed by atoms with E-state index in [0.29, 0.717) is 18.8 Å². The first-order chi connectivity index (χ1) is 14.8. The molecule has 0 spiro atoms. The van der Waals surface area contributed by atoms with Crippen molar-refractivity contribution in [3.63, 3.8) is 0 Å². The van der Waals surface area contributed by atoms with Gasteiger partial charge >= 0.3 is 0 Å². The van der Waals surface area contributed by atoms with E-state index in [0.717, 1.165) is 75.8 Å². The van der Waals surface area contributed by atoms with Crippen LogP contribution in [0.3, 0.4) is 0 Å². The second kappa shape index (κ2) is 14.8. The summed E-state index contributed by atoms with van der Waals surface area (Å²) < 4.78 is 17.1. The summed E-state index contributed by atoms with van der Waals surface area (Å²) in [7, 11) is 3.57. The van der Waals surface area contributed by atoms with Crippen molar-refractivity contribution >= 4 is 29.9 Å². The molecule has 8 heteroatoms. The lowest BCUT2D eigenvalue weighted by Crippen LogP contribution is -2.46. The molecule has 0 radical (unpaired) electrons. The largest absolute Gasteiger partial charge is 0.474 e. The molecule has 0 amide bonds. The highest BCUT2D eigenvalue weighted by Gasteiger charge is 2.22. The molecule has 1 aromatic heterocycles. The third-order valence-corrected chi connectivity index (χ3v) is 5.89. The Bertz CT molecular complexity index is 630. The van der Waals surface area contributed by atoms with Crippen molar-refractivity contribution in [3.05, 3.63) is 23.9 Å². The number of halogens is 1. The number of guanidine groups is 1. The Morgan fingerprint density at radius 2 is 1.87 bits per heavy atom. The molecule has 0 unspecified atom stereocenters. The van der Waals surface area contributed by atoms with Crippen molar-refractivity contribution < 1.29 is 14.2 Å². The molecule has 7 nitrogen and oxygen atoms in total. The highest BCUT2D eigenvalue weighted by Crippen LogP contribution is 2.22. The minimum atomic E-state index is 0. The number of hydrogen-bond acceptors (Lipinski definition) is 5. The number of nitrogens with one attached hydrogen (secondary N) is 1. The monoisotopic (exact) mass is 546 g/mol. The lowest BCUT2D eigenvalue weighted by atomic mass is 9.98. The lowest BCUT2D eigenvalue weighted by molar-refractivity contribution is 0.00989. The second-order valence-electron chi connectivity index (χ2n) is 8.19. The minimum Gasteiger partial charge on any atom is -0.474 e. The average Bonchev–Trinajstić information content (AvgIpc) is 2.80. The molecule has 31 heavy (non-hydrogen) atoms. The summed E-state index contributed by atoms with van der Waals surface area (Å²) in [6.45, 7) is 4.16. The molecule has 0 atom stereocenters. The topological polar surface area (TPSA) is 68.2 Å². The van der Waals surface area contributed by atoms with E-state index in [1.54, 1.807) is 7.11 Å². The predicted octanol–water partition coefficient (Wildman–Crippen LogP) is 4.00. The third-order valence-electron chi connectivity index (χ3n) is 5.89. The zero-order chi connectivity index (χ0) is 21.0. The number of rotatable bonds is 9. The molecule has 2 aliphatic rings. The Labute approximate surface area is 204 Å². The molecule has 1 saturated carbocycles. The number of methoxy groups -OCH3 is 1. The Morgan fingerprint density at radius 3 is 2.52 bits per heavy atom. The summed E-state index contributed by atoms with van der Waals surface area (Å²) in [5.41, 5.74) is 1.13. The van der Waals surface area contributed by atoms with Gasteiger partial charge in [0.1, 0.15) is 6.10 Å². The van der Waals surface area contributed by atoms with Gasteiger partial charge in [-0.3, -0.25) is 4.99 Å². The van der Waals surface area contributed by atoms with E-state index < -0.39 is 0 Å². The van der Waals surface area contributed by atoms with Crippen LogP contribution in [0.5, 0.6) is 5.88 Å². The zero-order valence-corrected chi connectivity index (χ0v) is 21.4. The number of aromatic nitrogens is 1. The van der Waals surface area contributed by atoms with Gasteiger partial charge in [-0.25, -0.2) is 4.98 Å². The van der Waals surface area contributed by atoms with Crippen LogP contribution in [0, 0.1) is 0 Å². The van der Waals surface area contributed by atoms with Gasteiger partial charge in [0, 0.05) is 59.3 Å². The van der Waals surface area contributed by atoms with E-state index in [-0.39, 0.29) is 24.0 Å². The molecule has 176 valence electrons. The van der Waals surface area contributed by atoms with Gasteiger partial charge in [-0.15, -0.1) is 24.0 Å². The van der Waals surface area contributed by atoms with Crippen molar-refractivity contribution in [1.82, 2.24) is 15.2 Å². The zero-order valence-electron chi connectivity index (χ0n) is 19.1. The number of likely N-dealkylation sites (tertiary alicyclic amines) is 1. The summed E-state index contributed by atoms with van der Waals surface area (Å²) in [5.74, 6) is 1.68. The lowest BCUT2D eigenvalue weighted by Gasteiger charge is -2.34. The van der Waals surface area contributed by atoms with Gasteiger partial charge in [0.25, 0.3) is 0 Å². The van der Waals surface area contributed by atoms with Crippen LogP contribution in [0.15, 0.2) is 23.3 Å². The third kappa shape index (κ3) is 9.10. The molecule has 0 bridgehead atoms. The molecule has 1 aliphatic heterocycles. The molecule has 1 N–H and O–H groups in total. The van der Waals surface area contributed by atoms with E-state index in [1.807, 2.05) is 19.3 Å². The van der Waals surface area contributed by atoms with E-state index in [1.165, 1.54) is 19.3 Å². The van der Waals surface area contributed by atoms with Gasteiger partial charge in [0.15, 0.2) is 5.96 Å². The maximum Gasteiger partial charge on any atom is 0.213 e. The fourth-order valence-corrected chi connectivity index (χ4v) is 4.14. The van der Waals surface area contributed by atoms with Crippen molar-refractivity contribution in [2.75, 3.05) is 40.5 Å². The van der Waals surface area contributed by atoms with E-state index in [4.69, 9.17) is 14.2 Å². The highest BCUT2D eigenvalue weighted by atomic mass is 127. The maximum atomic E-state index is 6.02. The Kier molecular flexibility index (Phi) is 12.5. The first kappa shape index (κ1) is 26.1. The highest BCUT2D eigenvalue weighted by molar-refractivity contribution is 14.0. The van der Waals surface area contributed by atoms with Crippen LogP contribution < -0.4 is 10.1 Å². The van der Waals surface area contributed by atoms with Crippen LogP contribution in [0.2, 0.25) is 0 Å². The van der Waals surface area contributed by atoms with Crippen LogP contribution in [0.4, 0.5) is 0 Å². The Hall–Kier alpha value is -1.13. The van der Waals surface area contributed by atoms with E-state index in [9.17, 15) is 0 Å². The first-order valence-corrected chi connectivity index (χ1v) is 11.5. The molecular formula is C23H39IN4O3. The SMILES string of the molecule is CN=C(NCc1ccc(OC2CCCCC2)nc1)N1CCC(OCCCOC)CC1.I.